The SMILES string of the molecule is COc1cc2cc(c1Cl)N(C)C(=O)C[C@H](OC(=O)[C@@H](C)N(C)C(=O)CCS)[C@@]1(C)O[C@H]1[C@H](C)C1C[C@@](O)(NC(=O)O1)[C@H](OC)/C=C/C=C(\C)C2. The first-order valence-electron chi connectivity index (χ1n) is 16.4. The fourth-order valence-electron chi connectivity index (χ4n) is 6.49. The molecule has 2 N–H and O–H groups in total. The highest BCUT2D eigenvalue weighted by Gasteiger charge is 2.64. The third-order valence-electron chi connectivity index (χ3n) is 9.85. The number of benzene rings is 1. The van der Waals surface area contributed by atoms with E-state index in [9.17, 15) is 24.3 Å². The van der Waals surface area contributed by atoms with Gasteiger partial charge in [-0.3, -0.25) is 14.9 Å². The normalized spacial score (nSPS) is 32.3. The summed E-state index contributed by atoms with van der Waals surface area (Å²) in [5, 5.41) is 14.4. The molecular formula is C35H48ClN3O10S. The number of carbonyl (C=O) groups excluding carboxylic acids is 4. The van der Waals surface area contributed by atoms with Crippen molar-refractivity contribution in [1.29, 1.82) is 0 Å². The van der Waals surface area contributed by atoms with Gasteiger partial charge in [0.1, 0.15) is 40.7 Å². The van der Waals surface area contributed by atoms with Crippen LogP contribution >= 0.6 is 24.2 Å². The number of nitrogens with zero attached hydrogens (tertiary/aromatic N) is 2. The molecule has 1 aromatic carbocycles. The highest BCUT2D eigenvalue weighted by atomic mass is 35.5. The van der Waals surface area contributed by atoms with Crippen molar-refractivity contribution >= 4 is 53.8 Å². The molecule has 50 heavy (non-hydrogen) atoms. The molecule has 2 saturated heterocycles. The fourth-order valence-corrected chi connectivity index (χ4v) is 6.99. The monoisotopic (exact) mass is 737 g/mol. The van der Waals surface area contributed by atoms with Gasteiger partial charge in [-0.15, -0.1) is 0 Å². The molecule has 4 bridgehead atoms. The Bertz CT molecular complexity index is 1540. The average molecular weight is 738 g/mol. The van der Waals surface area contributed by atoms with Crippen molar-refractivity contribution in [2.45, 2.75) is 95.2 Å². The van der Waals surface area contributed by atoms with Crippen molar-refractivity contribution in [3.8, 4) is 5.75 Å². The molecule has 15 heteroatoms. The summed E-state index contributed by atoms with van der Waals surface area (Å²) < 4.78 is 29.0. The number of amides is 3. The van der Waals surface area contributed by atoms with Gasteiger partial charge in [-0.1, -0.05) is 42.3 Å². The molecule has 0 aliphatic carbocycles. The summed E-state index contributed by atoms with van der Waals surface area (Å²) in [6.45, 7) is 6.96. The highest BCUT2D eigenvalue weighted by molar-refractivity contribution is 7.80. The number of nitrogens with one attached hydrogen (secondary N) is 1. The number of fused-ring (bicyclic) bond motifs is 5. The van der Waals surface area contributed by atoms with E-state index in [2.05, 4.69) is 17.9 Å². The maximum atomic E-state index is 14.0. The molecule has 4 rings (SSSR count). The number of hydrogen-bond donors (Lipinski definition) is 3. The summed E-state index contributed by atoms with van der Waals surface area (Å²) in [6, 6.07) is 2.60. The number of epoxide rings is 1. The topological polar surface area (TPSA) is 156 Å². The van der Waals surface area contributed by atoms with Crippen molar-refractivity contribution < 1.29 is 48.0 Å². The quantitative estimate of drug-likeness (QED) is 0.214. The van der Waals surface area contributed by atoms with Crippen molar-refractivity contribution in [3.63, 3.8) is 0 Å². The van der Waals surface area contributed by atoms with Crippen LogP contribution in [0.15, 0.2) is 35.9 Å². The molecule has 2 fully saturated rings. The van der Waals surface area contributed by atoms with Crippen LogP contribution < -0.4 is 15.0 Å². The van der Waals surface area contributed by atoms with Crippen molar-refractivity contribution in [2.75, 3.05) is 39.0 Å². The molecule has 0 spiro atoms. The number of thiol groups is 1. The van der Waals surface area contributed by atoms with Crippen LogP contribution in [0.2, 0.25) is 5.02 Å². The Morgan fingerprint density at radius 3 is 2.62 bits per heavy atom. The lowest BCUT2D eigenvalue weighted by atomic mass is 9.83. The number of allylic oxidation sites excluding steroid dienone is 3. The molecule has 3 aliphatic heterocycles. The minimum absolute atomic E-state index is 0.0489. The van der Waals surface area contributed by atoms with Crippen molar-refractivity contribution in [1.82, 2.24) is 10.2 Å². The zero-order chi connectivity index (χ0) is 37.1. The van der Waals surface area contributed by atoms with E-state index >= 15 is 0 Å². The first-order valence-corrected chi connectivity index (χ1v) is 17.5. The summed E-state index contributed by atoms with van der Waals surface area (Å²) in [4.78, 5) is 55.6. The maximum Gasteiger partial charge on any atom is 0.409 e. The number of anilines is 1. The van der Waals surface area contributed by atoms with E-state index in [1.54, 1.807) is 45.2 Å². The number of likely N-dealkylation sites (N-methyl/N-ethyl adjacent to an activating group) is 1. The predicted molar refractivity (Wildman–Crippen MR) is 189 cm³/mol. The number of hydrogen-bond acceptors (Lipinski definition) is 11. The number of esters is 1. The molecule has 0 saturated carbocycles. The van der Waals surface area contributed by atoms with Gasteiger partial charge in [0.2, 0.25) is 11.8 Å². The van der Waals surface area contributed by atoms with E-state index in [-0.39, 0.29) is 30.2 Å². The average Bonchev–Trinajstić information content (AvgIpc) is 3.76. The van der Waals surface area contributed by atoms with Crippen LogP contribution in [-0.2, 0) is 39.8 Å². The van der Waals surface area contributed by atoms with Crippen LogP contribution in [0.4, 0.5) is 10.5 Å². The summed E-state index contributed by atoms with van der Waals surface area (Å²) in [5.41, 5.74) is -0.903. The Labute approximate surface area is 303 Å². The van der Waals surface area contributed by atoms with E-state index in [1.165, 1.54) is 38.0 Å². The molecular weight excluding hydrogens is 690 g/mol. The van der Waals surface area contributed by atoms with Gasteiger partial charge in [0.15, 0.2) is 5.72 Å². The number of aliphatic hydroxyl groups is 1. The lowest BCUT2D eigenvalue weighted by Gasteiger charge is -2.42. The number of rotatable bonds is 7. The molecule has 1 aromatic rings. The van der Waals surface area contributed by atoms with Crippen LogP contribution in [0.5, 0.6) is 5.75 Å². The Hall–Kier alpha value is -3.30. The third-order valence-corrected chi connectivity index (χ3v) is 10.5. The number of methoxy groups -OCH3 is 2. The van der Waals surface area contributed by atoms with Crippen LogP contribution in [0.1, 0.15) is 52.5 Å². The molecule has 3 aliphatic rings. The minimum atomic E-state index is -1.82. The molecule has 3 heterocycles. The second-order valence-electron chi connectivity index (χ2n) is 13.4. The summed E-state index contributed by atoms with van der Waals surface area (Å²) >= 11 is 10.8. The molecule has 276 valence electrons. The van der Waals surface area contributed by atoms with Gasteiger partial charge in [-0.25, -0.2) is 9.59 Å². The second-order valence-corrected chi connectivity index (χ2v) is 14.2. The smallest absolute Gasteiger partial charge is 0.409 e. The molecule has 1 unspecified atom stereocenters. The van der Waals surface area contributed by atoms with E-state index in [1.807, 2.05) is 13.0 Å². The first kappa shape index (κ1) is 39.5. The van der Waals surface area contributed by atoms with E-state index in [0.717, 1.165) is 11.1 Å². The lowest BCUT2D eigenvalue weighted by Crippen LogP contribution is -2.63. The van der Waals surface area contributed by atoms with Gasteiger partial charge in [0.05, 0.1) is 25.3 Å². The van der Waals surface area contributed by atoms with Gasteiger partial charge in [-0.2, -0.15) is 12.6 Å². The Morgan fingerprint density at radius 1 is 1.28 bits per heavy atom. The third kappa shape index (κ3) is 8.42. The summed E-state index contributed by atoms with van der Waals surface area (Å²) in [6.07, 6.45) is 1.08. The number of carbonyl (C=O) groups is 4. The molecule has 13 nitrogen and oxygen atoms in total. The summed E-state index contributed by atoms with van der Waals surface area (Å²) in [5.74, 6) is -1.30. The zero-order valence-electron chi connectivity index (χ0n) is 29.7. The predicted octanol–water partition coefficient (Wildman–Crippen LogP) is 3.83. The van der Waals surface area contributed by atoms with Gasteiger partial charge >= 0.3 is 12.1 Å². The van der Waals surface area contributed by atoms with E-state index in [0.29, 0.717) is 23.6 Å². The largest absolute Gasteiger partial charge is 0.495 e. The Kier molecular flexibility index (Phi) is 12.6. The maximum absolute atomic E-state index is 14.0. The number of ether oxygens (including phenoxy) is 5. The van der Waals surface area contributed by atoms with Crippen LogP contribution in [0.3, 0.4) is 0 Å². The lowest BCUT2D eigenvalue weighted by molar-refractivity contribution is -0.161. The molecule has 0 radical (unpaired) electrons. The molecule has 0 aromatic heterocycles. The Balaban J connectivity index is 1.78. The van der Waals surface area contributed by atoms with Crippen LogP contribution in [0.25, 0.3) is 0 Å². The van der Waals surface area contributed by atoms with Gasteiger partial charge < -0.3 is 38.6 Å². The van der Waals surface area contributed by atoms with Crippen molar-refractivity contribution in [2.24, 2.45) is 5.92 Å². The highest BCUT2D eigenvalue weighted by Crippen LogP contribution is 2.49. The molecule has 8 atom stereocenters. The fraction of sp³-hybridized carbons (Fsp3) is 0.600. The van der Waals surface area contributed by atoms with Gasteiger partial charge in [0, 0.05) is 40.0 Å². The van der Waals surface area contributed by atoms with E-state index in [4.69, 9.17) is 35.3 Å². The van der Waals surface area contributed by atoms with Crippen LogP contribution in [0, 0.1) is 5.92 Å². The first-order chi connectivity index (χ1) is 23.5. The molecule has 3 amide bonds. The Morgan fingerprint density at radius 2 is 1.98 bits per heavy atom. The number of alkyl carbamates (subject to hydrolysis) is 1. The van der Waals surface area contributed by atoms with Gasteiger partial charge in [-0.05, 0) is 50.6 Å². The van der Waals surface area contributed by atoms with Gasteiger partial charge in [0.25, 0.3) is 0 Å². The van der Waals surface area contributed by atoms with Crippen LogP contribution in [-0.4, -0.2) is 110 Å². The standard InChI is InChI=1S/C35H48ClN3O10S/c1-19-10-9-11-26(46-8)35(44)18-25(47-33(43)37-35)20(2)31-34(4,49-31)27(48-32(42)21(3)38(5)28(40)12-13-50)17-29(41)39(6)23-15-22(14-19)16-24(45-7)30(23)36/h9-11,15-16,20-21,25-27,31,44,50H,12-14,17-18H2,1-8H3,(H,37,43)/b11-9+,19-10+/t20-,21-,25?,26-,27+,31+,34-,35+/m1/s1. The van der Waals surface area contributed by atoms with E-state index < -0.39 is 65.7 Å². The second kappa shape index (κ2) is 15.9. The number of halogens is 1. The zero-order valence-corrected chi connectivity index (χ0v) is 31.4. The minimum Gasteiger partial charge on any atom is -0.495 e. The van der Waals surface area contributed by atoms with Crippen molar-refractivity contribution in [3.05, 3.63) is 46.5 Å². The summed E-state index contributed by atoms with van der Waals surface area (Å²) in [7, 11) is 5.98.